The molecule has 0 bridgehead atoms. The normalized spacial score (nSPS) is 17.7. The minimum atomic E-state index is -0.862. The second-order valence-electron chi connectivity index (χ2n) is 8.18. The Kier molecular flexibility index (Phi) is 7.44. The molecule has 0 aliphatic carbocycles. The number of rotatable bonds is 8. The molecule has 1 saturated heterocycles. The molecule has 4 rings (SSSR count). The molecule has 0 radical (unpaired) electrons. The summed E-state index contributed by atoms with van der Waals surface area (Å²) in [6.45, 7) is 3.59. The molecule has 1 fully saturated rings. The van der Waals surface area contributed by atoms with Crippen molar-refractivity contribution in [2.45, 2.75) is 24.7 Å². The molecule has 7 heteroatoms. The number of aromatic nitrogens is 2. The Morgan fingerprint density at radius 3 is 2.06 bits per heavy atom. The van der Waals surface area contributed by atoms with Gasteiger partial charge in [-0.25, -0.2) is 9.97 Å². The van der Waals surface area contributed by atoms with Gasteiger partial charge in [0.15, 0.2) is 0 Å². The molecule has 1 aromatic heterocycles. The molecule has 168 valence electrons. The summed E-state index contributed by atoms with van der Waals surface area (Å²) in [5, 5.41) is 31.8. The summed E-state index contributed by atoms with van der Waals surface area (Å²) in [5.41, 5.74) is 2.41. The summed E-state index contributed by atoms with van der Waals surface area (Å²) in [6.07, 6.45) is 1.89. The lowest BCUT2D eigenvalue weighted by molar-refractivity contribution is 0.0279. The lowest BCUT2D eigenvalue weighted by Gasteiger charge is -2.37. The minimum Gasteiger partial charge on any atom is -0.392 e. The summed E-state index contributed by atoms with van der Waals surface area (Å²) in [6, 6.07) is 18.7. The van der Waals surface area contributed by atoms with Crippen LogP contribution in [-0.2, 0) is 6.61 Å². The SMILES string of the molecule is OCc1ccc(C(O)C(c2ccccc2)C(O)CN2CCN(c3ncccn3)CC2)cc1. The molecular weight excluding hydrogens is 404 g/mol. The lowest BCUT2D eigenvalue weighted by atomic mass is 9.84. The van der Waals surface area contributed by atoms with E-state index in [9.17, 15) is 15.3 Å². The second kappa shape index (κ2) is 10.7. The Bertz CT molecular complexity index is 948. The number of β-amino-alcohol motifs (C(OH)–C–C–N with tert-alkyl or cyclic N) is 1. The highest BCUT2D eigenvalue weighted by molar-refractivity contribution is 5.31. The number of anilines is 1. The number of aliphatic hydroxyl groups is 3. The fourth-order valence-corrected chi connectivity index (χ4v) is 4.28. The topological polar surface area (TPSA) is 93.0 Å². The Morgan fingerprint density at radius 1 is 0.781 bits per heavy atom. The number of aliphatic hydroxyl groups excluding tert-OH is 3. The van der Waals surface area contributed by atoms with Crippen LogP contribution in [0.25, 0.3) is 0 Å². The Morgan fingerprint density at radius 2 is 1.44 bits per heavy atom. The zero-order valence-corrected chi connectivity index (χ0v) is 18.0. The zero-order valence-electron chi connectivity index (χ0n) is 18.0. The number of hydrogen-bond donors (Lipinski definition) is 3. The van der Waals surface area contributed by atoms with E-state index in [0.29, 0.717) is 6.54 Å². The van der Waals surface area contributed by atoms with Crippen molar-refractivity contribution in [1.82, 2.24) is 14.9 Å². The van der Waals surface area contributed by atoms with Crippen LogP contribution in [0.3, 0.4) is 0 Å². The molecule has 3 atom stereocenters. The largest absolute Gasteiger partial charge is 0.392 e. The van der Waals surface area contributed by atoms with Crippen LogP contribution in [-0.4, -0.2) is 69.0 Å². The van der Waals surface area contributed by atoms with Crippen molar-refractivity contribution in [3.63, 3.8) is 0 Å². The molecule has 2 aromatic carbocycles. The molecule has 0 saturated carbocycles. The Labute approximate surface area is 188 Å². The van der Waals surface area contributed by atoms with Crippen LogP contribution in [0.1, 0.15) is 28.7 Å². The van der Waals surface area contributed by atoms with Crippen molar-refractivity contribution < 1.29 is 15.3 Å². The van der Waals surface area contributed by atoms with E-state index in [1.54, 1.807) is 24.5 Å². The molecule has 1 aliphatic rings. The number of nitrogens with zero attached hydrogens (tertiary/aromatic N) is 4. The van der Waals surface area contributed by atoms with Crippen LogP contribution in [0.5, 0.6) is 0 Å². The maximum absolute atomic E-state index is 11.3. The molecule has 3 aromatic rings. The maximum atomic E-state index is 11.3. The van der Waals surface area contributed by atoms with E-state index >= 15 is 0 Å². The van der Waals surface area contributed by atoms with Gasteiger partial charge in [-0.15, -0.1) is 0 Å². The first kappa shape index (κ1) is 22.4. The lowest BCUT2D eigenvalue weighted by Crippen LogP contribution is -2.50. The van der Waals surface area contributed by atoms with Gasteiger partial charge in [-0.2, -0.15) is 0 Å². The van der Waals surface area contributed by atoms with Gasteiger partial charge in [-0.05, 0) is 22.8 Å². The van der Waals surface area contributed by atoms with Crippen molar-refractivity contribution in [3.05, 3.63) is 89.7 Å². The Hall–Kier alpha value is -2.84. The molecule has 0 spiro atoms. The average Bonchev–Trinajstić information content (AvgIpc) is 2.86. The van der Waals surface area contributed by atoms with Gasteiger partial charge in [-0.1, -0.05) is 54.6 Å². The van der Waals surface area contributed by atoms with Crippen LogP contribution in [0, 0.1) is 0 Å². The summed E-state index contributed by atoms with van der Waals surface area (Å²) >= 11 is 0. The van der Waals surface area contributed by atoms with Gasteiger partial charge < -0.3 is 20.2 Å². The molecule has 2 heterocycles. The highest BCUT2D eigenvalue weighted by atomic mass is 16.3. The molecule has 7 nitrogen and oxygen atoms in total. The van der Waals surface area contributed by atoms with Gasteiger partial charge in [0.1, 0.15) is 0 Å². The first-order valence-corrected chi connectivity index (χ1v) is 11.0. The van der Waals surface area contributed by atoms with Crippen molar-refractivity contribution >= 4 is 5.95 Å². The summed E-state index contributed by atoms with van der Waals surface area (Å²) < 4.78 is 0. The van der Waals surface area contributed by atoms with E-state index in [1.165, 1.54) is 0 Å². The number of benzene rings is 2. The van der Waals surface area contributed by atoms with E-state index in [-0.39, 0.29) is 6.61 Å². The van der Waals surface area contributed by atoms with Gasteiger partial charge >= 0.3 is 0 Å². The summed E-state index contributed by atoms with van der Waals surface area (Å²) in [5.74, 6) is 0.267. The van der Waals surface area contributed by atoms with E-state index < -0.39 is 18.1 Å². The van der Waals surface area contributed by atoms with E-state index in [4.69, 9.17) is 0 Å². The van der Waals surface area contributed by atoms with E-state index in [1.807, 2.05) is 48.5 Å². The molecule has 0 amide bonds. The van der Waals surface area contributed by atoms with Crippen molar-refractivity contribution in [2.24, 2.45) is 0 Å². The van der Waals surface area contributed by atoms with Gasteiger partial charge in [0.25, 0.3) is 0 Å². The summed E-state index contributed by atoms with van der Waals surface area (Å²) in [4.78, 5) is 13.0. The average molecular weight is 435 g/mol. The van der Waals surface area contributed by atoms with Gasteiger partial charge in [0, 0.05) is 51.0 Å². The first-order chi connectivity index (χ1) is 15.7. The molecule has 3 N–H and O–H groups in total. The highest BCUT2D eigenvalue weighted by Gasteiger charge is 2.32. The fourth-order valence-electron chi connectivity index (χ4n) is 4.28. The monoisotopic (exact) mass is 434 g/mol. The van der Waals surface area contributed by atoms with E-state index in [0.717, 1.165) is 48.8 Å². The molecule has 1 aliphatic heterocycles. The molecule has 3 unspecified atom stereocenters. The third kappa shape index (κ3) is 5.31. The fraction of sp³-hybridized carbons (Fsp3) is 0.360. The highest BCUT2D eigenvalue weighted by Crippen LogP contribution is 2.34. The number of piperazine rings is 1. The molecule has 32 heavy (non-hydrogen) atoms. The quantitative estimate of drug-likeness (QED) is 0.499. The third-order valence-corrected chi connectivity index (χ3v) is 6.10. The van der Waals surface area contributed by atoms with E-state index in [2.05, 4.69) is 19.8 Å². The Balaban J connectivity index is 1.45. The zero-order chi connectivity index (χ0) is 22.3. The standard InChI is InChI=1S/C25H30N4O3/c30-18-19-7-9-21(10-8-19)24(32)23(20-5-2-1-3-6-20)22(31)17-28-13-15-29(16-14-28)25-26-11-4-12-27-25/h1-12,22-24,30-32H,13-18H2. The van der Waals surface area contributed by atoms with Crippen molar-refractivity contribution in [2.75, 3.05) is 37.6 Å². The maximum Gasteiger partial charge on any atom is 0.225 e. The van der Waals surface area contributed by atoms with Gasteiger partial charge in [0.2, 0.25) is 5.95 Å². The van der Waals surface area contributed by atoms with Crippen molar-refractivity contribution in [3.8, 4) is 0 Å². The third-order valence-electron chi connectivity index (χ3n) is 6.10. The van der Waals surface area contributed by atoms with Crippen molar-refractivity contribution in [1.29, 1.82) is 0 Å². The second-order valence-corrected chi connectivity index (χ2v) is 8.18. The van der Waals surface area contributed by atoms with Crippen LogP contribution < -0.4 is 4.90 Å². The predicted octanol–water partition coefficient (Wildman–Crippen LogP) is 1.97. The van der Waals surface area contributed by atoms with Gasteiger partial charge in [-0.3, -0.25) is 4.90 Å². The molecular formula is C25H30N4O3. The van der Waals surface area contributed by atoms with Gasteiger partial charge in [0.05, 0.1) is 18.8 Å². The van der Waals surface area contributed by atoms with Crippen LogP contribution in [0.15, 0.2) is 73.1 Å². The minimum absolute atomic E-state index is 0.0406. The van der Waals surface area contributed by atoms with Crippen LogP contribution in [0.4, 0.5) is 5.95 Å². The first-order valence-electron chi connectivity index (χ1n) is 11.0. The smallest absolute Gasteiger partial charge is 0.225 e. The van der Waals surface area contributed by atoms with Crippen LogP contribution >= 0.6 is 0 Å². The summed E-state index contributed by atoms with van der Waals surface area (Å²) in [7, 11) is 0. The van der Waals surface area contributed by atoms with Crippen LogP contribution in [0.2, 0.25) is 0 Å². The number of hydrogen-bond acceptors (Lipinski definition) is 7. The predicted molar refractivity (Wildman–Crippen MR) is 123 cm³/mol.